The lowest BCUT2D eigenvalue weighted by Gasteiger charge is -2.34. The molecule has 1 aromatic carbocycles. The molecule has 29 heavy (non-hydrogen) atoms. The second-order valence-corrected chi connectivity index (χ2v) is 9.85. The minimum absolute atomic E-state index is 0.0198. The molecule has 0 unspecified atom stereocenters. The van der Waals surface area contributed by atoms with Crippen LogP contribution in [0, 0.1) is 11.8 Å². The number of piperazine rings is 1. The molecule has 164 valence electrons. The summed E-state index contributed by atoms with van der Waals surface area (Å²) >= 11 is 0. The molecule has 1 saturated heterocycles. The van der Waals surface area contributed by atoms with Gasteiger partial charge in [0.2, 0.25) is 0 Å². The number of rotatable bonds is 7. The van der Waals surface area contributed by atoms with Crippen molar-refractivity contribution in [3.63, 3.8) is 0 Å². The summed E-state index contributed by atoms with van der Waals surface area (Å²) in [7, 11) is -3.39. The lowest BCUT2D eigenvalue weighted by Crippen LogP contribution is -2.52. The Balaban J connectivity index is 0.000000687. The molecule has 1 aliphatic heterocycles. The first-order valence-electron chi connectivity index (χ1n) is 10.1. The zero-order valence-corrected chi connectivity index (χ0v) is 18.2. The number of hydrogen-bond acceptors (Lipinski definition) is 4. The van der Waals surface area contributed by atoms with Gasteiger partial charge >= 0.3 is 6.16 Å². The molecule has 3 N–H and O–H groups in total. The lowest BCUT2D eigenvalue weighted by molar-refractivity contribution is 0.137. The predicted octanol–water partition coefficient (Wildman–Crippen LogP) is 2.51. The minimum Gasteiger partial charge on any atom is -0.450 e. The molecule has 1 heterocycles. The van der Waals surface area contributed by atoms with Gasteiger partial charge in [0, 0.05) is 38.1 Å². The van der Waals surface area contributed by atoms with Gasteiger partial charge in [-0.1, -0.05) is 51.1 Å². The quantitative estimate of drug-likeness (QED) is 0.617. The van der Waals surface area contributed by atoms with Crippen LogP contribution in [0.25, 0.3) is 0 Å². The molecule has 2 fully saturated rings. The molecule has 0 bridgehead atoms. The minimum atomic E-state index is -3.39. The van der Waals surface area contributed by atoms with Gasteiger partial charge in [-0.2, -0.15) is 17.4 Å². The number of nitrogens with zero attached hydrogens (tertiary/aromatic N) is 2. The lowest BCUT2D eigenvalue weighted by atomic mass is 10.1. The smallest absolute Gasteiger partial charge is 0.450 e. The van der Waals surface area contributed by atoms with Gasteiger partial charge < -0.3 is 15.1 Å². The Morgan fingerprint density at radius 2 is 1.69 bits per heavy atom. The van der Waals surface area contributed by atoms with E-state index in [9.17, 15) is 8.42 Å². The predicted molar refractivity (Wildman–Crippen MR) is 112 cm³/mol. The van der Waals surface area contributed by atoms with E-state index in [-0.39, 0.29) is 6.04 Å². The van der Waals surface area contributed by atoms with E-state index in [0.717, 1.165) is 19.6 Å². The molecule has 3 rings (SSSR count). The second-order valence-electron chi connectivity index (χ2n) is 8.15. The van der Waals surface area contributed by atoms with Crippen molar-refractivity contribution in [1.82, 2.24) is 13.9 Å². The van der Waals surface area contributed by atoms with Gasteiger partial charge in [-0.25, -0.2) is 4.79 Å². The van der Waals surface area contributed by atoms with Crippen molar-refractivity contribution < 1.29 is 23.4 Å². The molecule has 0 spiro atoms. The van der Waals surface area contributed by atoms with E-state index in [2.05, 4.69) is 42.5 Å². The van der Waals surface area contributed by atoms with Crippen molar-refractivity contribution in [1.29, 1.82) is 0 Å². The first kappa shape index (κ1) is 23.6. The molecule has 0 aromatic heterocycles. The van der Waals surface area contributed by atoms with Gasteiger partial charge in [-0.3, -0.25) is 0 Å². The molecule has 8 nitrogen and oxygen atoms in total. The van der Waals surface area contributed by atoms with Gasteiger partial charge in [0.1, 0.15) is 0 Å². The first-order chi connectivity index (χ1) is 13.6. The Morgan fingerprint density at radius 1 is 1.14 bits per heavy atom. The molecule has 2 aliphatic rings. The highest BCUT2D eigenvalue weighted by Gasteiger charge is 2.50. The summed E-state index contributed by atoms with van der Waals surface area (Å²) in [5.41, 5.74) is 1.22. The van der Waals surface area contributed by atoms with Crippen molar-refractivity contribution in [3.05, 3.63) is 35.9 Å². The topological polar surface area (TPSA) is 110 Å². The molecule has 9 heteroatoms. The zero-order chi connectivity index (χ0) is 21.6. The monoisotopic (exact) mass is 427 g/mol. The van der Waals surface area contributed by atoms with Crippen LogP contribution >= 0.6 is 0 Å². The maximum atomic E-state index is 12.7. The van der Waals surface area contributed by atoms with E-state index < -0.39 is 16.4 Å². The standard InChI is InChI=1S/C19H31N3O2S.CH2O3/c1-15(2)9-10-21-11-13-22(14-12-21)25(23,24)20-19-16(3)18(19)17-7-5-4-6-8-17;2-1(3)4/h4-8,15-16,18-20H,9-14H2,1-3H3;(H2,2,3,4)/t16-,18-,19+;/m1./s1. The zero-order valence-electron chi connectivity index (χ0n) is 17.4. The number of benzene rings is 1. The van der Waals surface area contributed by atoms with Gasteiger partial charge in [0.25, 0.3) is 10.2 Å². The van der Waals surface area contributed by atoms with Crippen molar-refractivity contribution in [2.24, 2.45) is 11.8 Å². The molecule has 3 atom stereocenters. The Kier molecular flexibility index (Phi) is 8.45. The first-order valence-corrected chi connectivity index (χ1v) is 11.5. The molecular formula is C20H33N3O5S. The van der Waals surface area contributed by atoms with E-state index in [1.54, 1.807) is 4.31 Å². The van der Waals surface area contributed by atoms with Crippen LogP contribution in [-0.2, 0) is 10.2 Å². The molecule has 1 aliphatic carbocycles. The fourth-order valence-electron chi connectivity index (χ4n) is 3.71. The summed E-state index contributed by atoms with van der Waals surface area (Å²) in [6, 6.07) is 10.2. The van der Waals surface area contributed by atoms with Crippen LogP contribution in [0.15, 0.2) is 30.3 Å². The summed E-state index contributed by atoms with van der Waals surface area (Å²) in [6.45, 7) is 10.5. The summed E-state index contributed by atoms with van der Waals surface area (Å²) in [4.78, 5) is 10.9. The molecular weight excluding hydrogens is 394 g/mol. The van der Waals surface area contributed by atoms with E-state index in [1.165, 1.54) is 12.0 Å². The van der Waals surface area contributed by atoms with Crippen LogP contribution in [0.4, 0.5) is 4.79 Å². The molecule has 1 aromatic rings. The Labute approximate surface area is 173 Å². The largest absolute Gasteiger partial charge is 0.503 e. The summed E-state index contributed by atoms with van der Waals surface area (Å²) < 4.78 is 30.0. The van der Waals surface area contributed by atoms with E-state index in [1.807, 2.05) is 18.2 Å². The number of hydrogen-bond donors (Lipinski definition) is 3. The third kappa shape index (κ3) is 7.26. The Bertz CT molecular complexity index is 745. The van der Waals surface area contributed by atoms with Crippen LogP contribution in [-0.4, -0.2) is 72.8 Å². The number of nitrogens with one attached hydrogen (secondary N) is 1. The van der Waals surface area contributed by atoms with Crippen molar-refractivity contribution in [3.8, 4) is 0 Å². The van der Waals surface area contributed by atoms with Crippen molar-refractivity contribution >= 4 is 16.4 Å². The van der Waals surface area contributed by atoms with Crippen LogP contribution in [0.2, 0.25) is 0 Å². The molecule has 0 amide bonds. The van der Waals surface area contributed by atoms with Gasteiger partial charge in [0.05, 0.1) is 0 Å². The van der Waals surface area contributed by atoms with E-state index in [4.69, 9.17) is 15.0 Å². The van der Waals surface area contributed by atoms with E-state index in [0.29, 0.717) is 30.8 Å². The normalized spacial score (nSPS) is 25.3. The maximum absolute atomic E-state index is 12.7. The van der Waals surface area contributed by atoms with Crippen LogP contribution in [0.5, 0.6) is 0 Å². The third-order valence-electron chi connectivity index (χ3n) is 5.54. The van der Waals surface area contributed by atoms with E-state index >= 15 is 0 Å². The van der Waals surface area contributed by atoms with Crippen molar-refractivity contribution in [2.75, 3.05) is 32.7 Å². The third-order valence-corrected chi connectivity index (χ3v) is 7.16. The second kappa shape index (κ2) is 10.4. The summed E-state index contributed by atoms with van der Waals surface area (Å²) in [5, 5.41) is 13.9. The SMILES string of the molecule is CC(C)CCN1CCN(S(=O)(=O)N[C@H]2[C@H](C)[C@@H]2c2ccccc2)CC1.O=C(O)O. The summed E-state index contributed by atoms with van der Waals surface area (Å²) in [6.07, 6.45) is -0.663. The van der Waals surface area contributed by atoms with Gasteiger partial charge in [-0.15, -0.1) is 0 Å². The molecule has 0 radical (unpaired) electrons. The average molecular weight is 428 g/mol. The highest BCUT2D eigenvalue weighted by Crippen LogP contribution is 2.47. The van der Waals surface area contributed by atoms with Crippen LogP contribution in [0.3, 0.4) is 0 Å². The average Bonchev–Trinajstić information content (AvgIpc) is 3.28. The Hall–Kier alpha value is -1.68. The van der Waals surface area contributed by atoms with Gasteiger partial charge in [-0.05, 0) is 30.4 Å². The maximum Gasteiger partial charge on any atom is 0.503 e. The number of carboxylic acid groups (broad SMARTS) is 2. The van der Waals surface area contributed by atoms with Crippen LogP contribution < -0.4 is 4.72 Å². The Morgan fingerprint density at radius 3 is 2.21 bits per heavy atom. The summed E-state index contributed by atoms with van der Waals surface area (Å²) in [5.74, 6) is 1.34. The van der Waals surface area contributed by atoms with Crippen molar-refractivity contribution in [2.45, 2.75) is 39.2 Å². The fraction of sp³-hybridized carbons (Fsp3) is 0.650. The van der Waals surface area contributed by atoms with Crippen LogP contribution in [0.1, 0.15) is 38.7 Å². The highest BCUT2D eigenvalue weighted by atomic mass is 32.2. The molecule has 1 saturated carbocycles. The fourth-order valence-corrected chi connectivity index (χ4v) is 5.21. The number of carbonyl (C=O) groups is 1. The highest BCUT2D eigenvalue weighted by molar-refractivity contribution is 7.87. The van der Waals surface area contributed by atoms with Gasteiger partial charge in [0.15, 0.2) is 0 Å².